The molecule has 1 fully saturated rings. The predicted molar refractivity (Wildman–Crippen MR) is 100 cm³/mol. The number of imide groups is 1. The van der Waals surface area contributed by atoms with E-state index in [9.17, 15) is 9.59 Å². The second-order valence-corrected chi connectivity index (χ2v) is 7.65. The Labute approximate surface area is 152 Å². The lowest BCUT2D eigenvalue weighted by Crippen LogP contribution is -2.45. The summed E-state index contributed by atoms with van der Waals surface area (Å²) in [6, 6.07) is 15.7. The van der Waals surface area contributed by atoms with Gasteiger partial charge in [0.1, 0.15) is 5.82 Å². The molecule has 5 heteroatoms. The van der Waals surface area contributed by atoms with Gasteiger partial charge in [-0.1, -0.05) is 24.3 Å². The summed E-state index contributed by atoms with van der Waals surface area (Å²) in [6.45, 7) is 5.67. The second-order valence-electron chi connectivity index (χ2n) is 7.65. The zero-order chi connectivity index (χ0) is 18.5. The number of rotatable bonds is 2. The lowest BCUT2D eigenvalue weighted by molar-refractivity contribution is -0.144. The molecule has 0 spiro atoms. The average molecular weight is 347 g/mol. The molecule has 0 N–H and O–H groups in total. The van der Waals surface area contributed by atoms with Crippen LogP contribution in [0, 0.1) is 0 Å². The van der Waals surface area contributed by atoms with Crippen LogP contribution in [0.5, 0.6) is 0 Å². The minimum absolute atomic E-state index is 0.120. The summed E-state index contributed by atoms with van der Waals surface area (Å²) in [5, 5.41) is 1.03. The van der Waals surface area contributed by atoms with E-state index < -0.39 is 11.5 Å². The van der Waals surface area contributed by atoms with E-state index in [1.165, 1.54) is 4.90 Å². The largest absolute Gasteiger partial charge is 0.297 e. The molecular weight excluding hydrogens is 326 g/mol. The summed E-state index contributed by atoms with van der Waals surface area (Å²) >= 11 is 0. The second kappa shape index (κ2) is 5.80. The van der Waals surface area contributed by atoms with Gasteiger partial charge in [0.05, 0.1) is 11.4 Å². The molecule has 1 aromatic carbocycles. The SMILES string of the molecule is CC(C)(C)N1C(=O)CC(c2cc3ccccc3n2-c2ccccn2)C1=O. The van der Waals surface area contributed by atoms with Crippen LogP contribution in [-0.2, 0) is 9.59 Å². The Balaban J connectivity index is 1.91. The molecule has 0 aliphatic carbocycles. The van der Waals surface area contributed by atoms with Crippen molar-refractivity contribution in [1.82, 2.24) is 14.5 Å². The van der Waals surface area contributed by atoms with Crippen LogP contribution >= 0.6 is 0 Å². The number of pyridine rings is 1. The quantitative estimate of drug-likeness (QED) is 0.665. The zero-order valence-corrected chi connectivity index (χ0v) is 15.1. The van der Waals surface area contributed by atoms with Gasteiger partial charge in [-0.05, 0) is 45.0 Å². The highest BCUT2D eigenvalue weighted by atomic mass is 16.2. The van der Waals surface area contributed by atoms with E-state index in [0.717, 1.165) is 22.4 Å². The first-order valence-electron chi connectivity index (χ1n) is 8.76. The van der Waals surface area contributed by atoms with Crippen LogP contribution in [0.2, 0.25) is 0 Å². The van der Waals surface area contributed by atoms with Gasteiger partial charge in [0, 0.05) is 29.2 Å². The molecule has 1 aliphatic rings. The van der Waals surface area contributed by atoms with Crippen molar-refractivity contribution in [3.8, 4) is 5.82 Å². The lowest BCUT2D eigenvalue weighted by Gasteiger charge is -2.30. The molecule has 26 heavy (non-hydrogen) atoms. The summed E-state index contributed by atoms with van der Waals surface area (Å²) in [5.41, 5.74) is 1.27. The Hall–Kier alpha value is -2.95. The molecule has 132 valence electrons. The van der Waals surface area contributed by atoms with Crippen molar-refractivity contribution in [2.24, 2.45) is 0 Å². The standard InChI is InChI=1S/C21H21N3O2/c1-21(2,3)24-19(25)13-15(20(24)26)17-12-14-8-4-5-9-16(14)23(17)18-10-6-7-11-22-18/h4-12,15H,13H2,1-3H3. The van der Waals surface area contributed by atoms with Gasteiger partial charge in [-0.2, -0.15) is 0 Å². The van der Waals surface area contributed by atoms with E-state index in [0.29, 0.717) is 0 Å². The van der Waals surface area contributed by atoms with Gasteiger partial charge in [0.2, 0.25) is 11.8 Å². The van der Waals surface area contributed by atoms with Crippen molar-refractivity contribution in [2.45, 2.75) is 38.6 Å². The van der Waals surface area contributed by atoms with Crippen molar-refractivity contribution in [3.63, 3.8) is 0 Å². The summed E-state index contributed by atoms with van der Waals surface area (Å²) in [6.07, 6.45) is 1.93. The number of hydrogen-bond acceptors (Lipinski definition) is 3. The molecule has 0 saturated carbocycles. The van der Waals surface area contributed by atoms with Gasteiger partial charge >= 0.3 is 0 Å². The van der Waals surface area contributed by atoms with E-state index in [4.69, 9.17) is 0 Å². The minimum atomic E-state index is -0.523. The maximum atomic E-state index is 13.1. The highest BCUT2D eigenvalue weighted by Gasteiger charge is 2.45. The smallest absolute Gasteiger partial charge is 0.239 e. The topological polar surface area (TPSA) is 55.2 Å². The first-order chi connectivity index (χ1) is 12.4. The number of aromatic nitrogens is 2. The third kappa shape index (κ3) is 2.51. The fourth-order valence-electron chi connectivity index (χ4n) is 3.74. The third-order valence-corrected chi connectivity index (χ3v) is 4.79. The molecule has 5 nitrogen and oxygen atoms in total. The molecule has 1 unspecified atom stereocenters. The molecule has 3 aromatic rings. The highest BCUT2D eigenvalue weighted by molar-refractivity contribution is 6.07. The van der Waals surface area contributed by atoms with Gasteiger partial charge in [-0.15, -0.1) is 0 Å². The Morgan fingerprint density at radius 3 is 2.42 bits per heavy atom. The fraction of sp³-hybridized carbons (Fsp3) is 0.286. The summed E-state index contributed by atoms with van der Waals surface area (Å²) in [4.78, 5) is 31.5. The molecule has 2 amide bonds. The van der Waals surface area contributed by atoms with E-state index >= 15 is 0 Å². The molecule has 2 aromatic heterocycles. The first-order valence-corrected chi connectivity index (χ1v) is 8.76. The molecular formula is C21H21N3O2. The number of hydrogen-bond donors (Lipinski definition) is 0. The summed E-state index contributed by atoms with van der Waals surface area (Å²) < 4.78 is 2.00. The Bertz CT molecular complexity index is 999. The summed E-state index contributed by atoms with van der Waals surface area (Å²) in [5.74, 6) is 0.00195. The van der Waals surface area contributed by atoms with Crippen LogP contribution in [0.4, 0.5) is 0 Å². The average Bonchev–Trinajstić information content (AvgIpc) is 3.12. The third-order valence-electron chi connectivity index (χ3n) is 4.79. The van der Waals surface area contributed by atoms with Crippen molar-refractivity contribution in [2.75, 3.05) is 0 Å². The maximum absolute atomic E-state index is 13.1. The number of likely N-dealkylation sites (tertiary alicyclic amines) is 1. The van der Waals surface area contributed by atoms with E-state index in [1.807, 2.05) is 73.9 Å². The van der Waals surface area contributed by atoms with Crippen molar-refractivity contribution >= 4 is 22.7 Å². The number of carbonyl (C=O) groups excluding carboxylic acids is 2. The van der Waals surface area contributed by atoms with Crippen molar-refractivity contribution in [3.05, 3.63) is 60.4 Å². The first kappa shape index (κ1) is 16.5. The fourth-order valence-corrected chi connectivity index (χ4v) is 3.74. The van der Waals surface area contributed by atoms with Crippen LogP contribution < -0.4 is 0 Å². The Morgan fingerprint density at radius 1 is 1.04 bits per heavy atom. The van der Waals surface area contributed by atoms with Crippen molar-refractivity contribution in [1.29, 1.82) is 0 Å². The molecule has 1 atom stereocenters. The molecule has 0 bridgehead atoms. The van der Waals surface area contributed by atoms with Gasteiger partial charge in [0.15, 0.2) is 0 Å². The molecule has 1 aliphatic heterocycles. The number of benzene rings is 1. The van der Waals surface area contributed by atoms with Crippen LogP contribution in [-0.4, -0.2) is 31.8 Å². The Morgan fingerprint density at radius 2 is 1.77 bits per heavy atom. The number of nitrogens with zero attached hydrogens (tertiary/aromatic N) is 3. The van der Waals surface area contributed by atoms with E-state index in [-0.39, 0.29) is 18.2 Å². The number of carbonyl (C=O) groups is 2. The van der Waals surface area contributed by atoms with Gasteiger partial charge in [0.25, 0.3) is 0 Å². The molecule has 1 saturated heterocycles. The minimum Gasteiger partial charge on any atom is -0.297 e. The highest BCUT2D eigenvalue weighted by Crippen LogP contribution is 2.37. The molecule has 3 heterocycles. The van der Waals surface area contributed by atoms with Crippen LogP contribution in [0.1, 0.15) is 38.8 Å². The monoisotopic (exact) mass is 347 g/mol. The maximum Gasteiger partial charge on any atom is 0.239 e. The van der Waals surface area contributed by atoms with E-state index in [2.05, 4.69) is 4.98 Å². The van der Waals surface area contributed by atoms with Gasteiger partial charge < -0.3 is 0 Å². The number of amides is 2. The van der Waals surface area contributed by atoms with Crippen LogP contribution in [0.15, 0.2) is 54.7 Å². The van der Waals surface area contributed by atoms with E-state index in [1.54, 1.807) is 6.20 Å². The summed E-state index contributed by atoms with van der Waals surface area (Å²) in [7, 11) is 0. The number of para-hydroxylation sites is 1. The molecule has 4 rings (SSSR count). The molecule has 0 radical (unpaired) electrons. The normalized spacial score (nSPS) is 18.1. The van der Waals surface area contributed by atoms with Crippen LogP contribution in [0.3, 0.4) is 0 Å². The predicted octanol–water partition coefficient (Wildman–Crippen LogP) is 3.67. The number of fused-ring (bicyclic) bond motifs is 1. The van der Waals surface area contributed by atoms with Gasteiger partial charge in [-0.25, -0.2) is 4.98 Å². The zero-order valence-electron chi connectivity index (χ0n) is 15.1. The Kier molecular flexibility index (Phi) is 3.68. The van der Waals surface area contributed by atoms with Crippen LogP contribution in [0.25, 0.3) is 16.7 Å². The van der Waals surface area contributed by atoms with Crippen molar-refractivity contribution < 1.29 is 9.59 Å². The lowest BCUT2D eigenvalue weighted by atomic mass is 10.0. The van der Waals surface area contributed by atoms with Gasteiger partial charge in [-0.3, -0.25) is 19.1 Å².